The number of rotatable bonds is 6. The van der Waals surface area contributed by atoms with Crippen molar-refractivity contribution in [1.29, 1.82) is 0 Å². The SMILES string of the molecule is c1ccc(N(c2ccc3sc4ccccc4c3c2)c2cccc(-c3cccc4c3sc3ccccc34)c2-c2ccc3ccccc3c2)c(-c2ccc3oc4ccccc4c3c2)c1. The van der Waals surface area contributed by atoms with Crippen molar-refractivity contribution in [2.75, 3.05) is 4.90 Å². The van der Waals surface area contributed by atoms with Gasteiger partial charge < -0.3 is 9.32 Å². The normalized spacial score (nSPS) is 11.9. The van der Waals surface area contributed by atoms with E-state index in [1.165, 1.54) is 73.4 Å². The first-order valence-electron chi connectivity index (χ1n) is 21.0. The second-order valence-corrected chi connectivity index (χ2v) is 18.1. The summed E-state index contributed by atoms with van der Waals surface area (Å²) >= 11 is 3.74. The fourth-order valence-corrected chi connectivity index (χ4v) is 11.9. The molecule has 3 heterocycles. The van der Waals surface area contributed by atoms with Gasteiger partial charge in [-0.05, 0) is 94.2 Å². The maximum absolute atomic E-state index is 6.32. The van der Waals surface area contributed by atoms with Crippen molar-refractivity contribution in [1.82, 2.24) is 0 Å². The molecule has 13 rings (SSSR count). The summed E-state index contributed by atoms with van der Waals surface area (Å²) in [5, 5.41) is 9.79. The third kappa shape index (κ3) is 5.54. The molecule has 4 heteroatoms. The molecular weight excluding hydrogens is 791 g/mol. The molecule has 0 amide bonds. The van der Waals surface area contributed by atoms with Gasteiger partial charge in [-0.1, -0.05) is 146 Å². The van der Waals surface area contributed by atoms with Crippen LogP contribution in [-0.2, 0) is 0 Å². The molecule has 0 aliphatic heterocycles. The first-order chi connectivity index (χ1) is 30.7. The summed E-state index contributed by atoms with van der Waals surface area (Å²) < 4.78 is 11.5. The Morgan fingerprint density at radius 3 is 1.87 bits per heavy atom. The Labute approximate surface area is 365 Å². The van der Waals surface area contributed by atoms with Crippen LogP contribution in [0.1, 0.15) is 0 Å². The highest BCUT2D eigenvalue weighted by atomic mass is 32.1. The molecule has 3 aromatic heterocycles. The number of hydrogen-bond donors (Lipinski definition) is 0. The maximum Gasteiger partial charge on any atom is 0.135 e. The lowest BCUT2D eigenvalue weighted by molar-refractivity contribution is 0.669. The smallest absolute Gasteiger partial charge is 0.135 e. The number of furan rings is 1. The minimum Gasteiger partial charge on any atom is -0.456 e. The van der Waals surface area contributed by atoms with E-state index in [9.17, 15) is 0 Å². The van der Waals surface area contributed by atoms with Gasteiger partial charge in [0.2, 0.25) is 0 Å². The topological polar surface area (TPSA) is 16.4 Å². The molecule has 0 unspecified atom stereocenters. The number of nitrogens with zero attached hydrogens (tertiary/aromatic N) is 1. The van der Waals surface area contributed by atoms with Gasteiger partial charge in [0.15, 0.2) is 0 Å². The molecular formula is C58H35NOS2. The van der Waals surface area contributed by atoms with Crippen molar-refractivity contribution >= 4 is 113 Å². The summed E-state index contributed by atoms with van der Waals surface area (Å²) in [6.45, 7) is 0. The lowest BCUT2D eigenvalue weighted by Crippen LogP contribution is -2.13. The number of para-hydroxylation sites is 2. The summed E-state index contributed by atoms with van der Waals surface area (Å²) in [5.41, 5.74) is 12.1. The minimum absolute atomic E-state index is 0.890. The van der Waals surface area contributed by atoms with Crippen LogP contribution in [-0.4, -0.2) is 0 Å². The third-order valence-corrected chi connectivity index (χ3v) is 14.8. The first kappa shape index (κ1) is 35.3. The molecule has 62 heavy (non-hydrogen) atoms. The lowest BCUT2D eigenvalue weighted by atomic mass is 9.90. The Kier molecular flexibility index (Phi) is 7.99. The van der Waals surface area contributed by atoms with Crippen LogP contribution in [0.4, 0.5) is 17.1 Å². The van der Waals surface area contributed by atoms with Crippen molar-refractivity contribution < 1.29 is 4.42 Å². The molecule has 0 aliphatic rings. The van der Waals surface area contributed by atoms with Gasteiger partial charge in [0, 0.05) is 73.5 Å². The van der Waals surface area contributed by atoms with Gasteiger partial charge in [0.25, 0.3) is 0 Å². The van der Waals surface area contributed by atoms with Crippen LogP contribution in [0.25, 0.3) is 106 Å². The van der Waals surface area contributed by atoms with Crippen LogP contribution in [0.2, 0.25) is 0 Å². The van der Waals surface area contributed by atoms with Crippen LogP contribution in [0.5, 0.6) is 0 Å². The standard InChI is InChI=1S/C58H35NOS2/c1-2-14-37-33-39(28-27-36(37)13-1)57-45(47-21-11-20-46-43-17-5-10-26-55(43)62-58(46)47)19-12-23-51(57)59(40-30-32-56-49(35-40)44-18-6-9-25-54(44)61-56)50-22-7-3-15-41(50)38-29-31-53-48(34-38)42-16-4-8-24-52(42)60-53/h1-35H. The van der Waals surface area contributed by atoms with E-state index in [0.717, 1.165) is 50.1 Å². The molecule has 290 valence electrons. The van der Waals surface area contributed by atoms with E-state index in [-0.39, 0.29) is 0 Å². The van der Waals surface area contributed by atoms with Crippen molar-refractivity contribution in [2.45, 2.75) is 0 Å². The van der Waals surface area contributed by atoms with Gasteiger partial charge >= 0.3 is 0 Å². The number of anilines is 3. The van der Waals surface area contributed by atoms with Crippen LogP contribution < -0.4 is 4.90 Å². The van der Waals surface area contributed by atoms with Crippen molar-refractivity contribution in [2.24, 2.45) is 0 Å². The van der Waals surface area contributed by atoms with E-state index in [0.29, 0.717) is 0 Å². The van der Waals surface area contributed by atoms with Crippen LogP contribution in [0.15, 0.2) is 217 Å². The van der Waals surface area contributed by atoms with Crippen molar-refractivity contribution in [3.63, 3.8) is 0 Å². The Balaban J connectivity index is 1.13. The second kappa shape index (κ2) is 14.0. The Hall–Kier alpha value is -7.50. The highest BCUT2D eigenvalue weighted by Crippen LogP contribution is 2.51. The summed E-state index contributed by atoms with van der Waals surface area (Å²) in [6, 6.07) is 77.8. The molecule has 2 nitrogen and oxygen atoms in total. The summed E-state index contributed by atoms with van der Waals surface area (Å²) in [6.07, 6.45) is 0. The second-order valence-electron chi connectivity index (χ2n) is 16.0. The highest BCUT2D eigenvalue weighted by Gasteiger charge is 2.25. The highest BCUT2D eigenvalue weighted by molar-refractivity contribution is 7.26. The first-order valence-corrected chi connectivity index (χ1v) is 22.6. The molecule has 13 aromatic rings. The van der Waals surface area contributed by atoms with Gasteiger partial charge in [-0.25, -0.2) is 0 Å². The molecule has 0 fully saturated rings. The van der Waals surface area contributed by atoms with Crippen molar-refractivity contribution in [3.8, 4) is 33.4 Å². The predicted octanol–water partition coefficient (Wildman–Crippen LogP) is 17.9. The molecule has 0 spiro atoms. The van der Waals surface area contributed by atoms with Gasteiger partial charge in [0.1, 0.15) is 11.2 Å². The molecule has 0 saturated heterocycles. The number of benzene rings is 10. The number of hydrogen-bond acceptors (Lipinski definition) is 4. The Morgan fingerprint density at radius 2 is 0.968 bits per heavy atom. The van der Waals surface area contributed by atoms with Gasteiger partial charge in [0.05, 0.1) is 11.4 Å². The summed E-state index contributed by atoms with van der Waals surface area (Å²) in [4.78, 5) is 2.51. The average Bonchev–Trinajstić information content (AvgIpc) is 4.03. The molecule has 0 aliphatic carbocycles. The lowest BCUT2D eigenvalue weighted by Gasteiger charge is -2.31. The van der Waals surface area contributed by atoms with Crippen LogP contribution in [0.3, 0.4) is 0 Å². The Morgan fingerprint density at radius 1 is 0.339 bits per heavy atom. The molecule has 0 radical (unpaired) electrons. The molecule has 0 atom stereocenters. The number of thiophene rings is 2. The molecule has 10 aromatic carbocycles. The maximum atomic E-state index is 6.32. The van der Waals surface area contributed by atoms with Gasteiger partial charge in [-0.3, -0.25) is 0 Å². The zero-order valence-corrected chi connectivity index (χ0v) is 35.0. The Bertz CT molecular complexity index is 3900. The fraction of sp³-hybridized carbons (Fsp3) is 0. The average molecular weight is 826 g/mol. The molecule has 0 saturated carbocycles. The summed E-state index contributed by atoms with van der Waals surface area (Å²) in [5.74, 6) is 0. The number of fused-ring (bicyclic) bond motifs is 10. The predicted molar refractivity (Wildman–Crippen MR) is 268 cm³/mol. The zero-order valence-electron chi connectivity index (χ0n) is 33.4. The fourth-order valence-electron chi connectivity index (χ4n) is 9.63. The van der Waals surface area contributed by atoms with Gasteiger partial charge in [-0.15, -0.1) is 22.7 Å². The molecule has 0 bridgehead atoms. The van der Waals surface area contributed by atoms with Gasteiger partial charge in [-0.2, -0.15) is 0 Å². The van der Waals surface area contributed by atoms with Crippen LogP contribution >= 0.6 is 22.7 Å². The monoisotopic (exact) mass is 825 g/mol. The molecule has 0 N–H and O–H groups in total. The van der Waals surface area contributed by atoms with E-state index in [2.05, 4.69) is 211 Å². The minimum atomic E-state index is 0.890. The van der Waals surface area contributed by atoms with Crippen LogP contribution in [0, 0.1) is 0 Å². The largest absolute Gasteiger partial charge is 0.456 e. The summed E-state index contributed by atoms with van der Waals surface area (Å²) in [7, 11) is 0. The van der Waals surface area contributed by atoms with Crippen molar-refractivity contribution in [3.05, 3.63) is 212 Å². The van der Waals surface area contributed by atoms with E-state index < -0.39 is 0 Å². The zero-order chi connectivity index (χ0) is 40.7. The quantitative estimate of drug-likeness (QED) is 0.166. The third-order valence-electron chi connectivity index (χ3n) is 12.5. The van der Waals surface area contributed by atoms with E-state index in [4.69, 9.17) is 4.42 Å². The van der Waals surface area contributed by atoms with E-state index >= 15 is 0 Å². The van der Waals surface area contributed by atoms with E-state index in [1.54, 1.807) is 0 Å². The van der Waals surface area contributed by atoms with E-state index in [1.807, 2.05) is 28.7 Å².